The number of likely N-dealkylation sites (tertiary alicyclic amines) is 1. The molecule has 1 aromatic heterocycles. The van der Waals surface area contributed by atoms with E-state index in [1.54, 1.807) is 6.20 Å². The van der Waals surface area contributed by atoms with E-state index in [2.05, 4.69) is 10.3 Å². The van der Waals surface area contributed by atoms with Gasteiger partial charge in [0.1, 0.15) is 0 Å². The fourth-order valence-electron chi connectivity index (χ4n) is 4.41. The fraction of sp³-hybridized carbons (Fsp3) is 0.500. The number of nitrogens with one attached hydrogen (secondary N) is 1. The van der Waals surface area contributed by atoms with Crippen LogP contribution in [0.3, 0.4) is 0 Å². The Bertz CT molecular complexity index is 816. The Kier molecular flexibility index (Phi) is 5.37. The van der Waals surface area contributed by atoms with Crippen LogP contribution in [-0.4, -0.2) is 34.8 Å². The molecule has 1 aliphatic carbocycles. The van der Waals surface area contributed by atoms with Crippen LogP contribution in [0.15, 0.2) is 36.5 Å². The molecule has 5 nitrogen and oxygen atoms in total. The second-order valence-electron chi connectivity index (χ2n) is 7.80. The Morgan fingerprint density at radius 3 is 2.41 bits per heavy atom. The predicted molar refractivity (Wildman–Crippen MR) is 106 cm³/mol. The minimum absolute atomic E-state index is 0.0191. The minimum Gasteiger partial charge on any atom is -0.342 e. The molecule has 0 bridgehead atoms. The lowest BCUT2D eigenvalue weighted by Gasteiger charge is -2.33. The third kappa shape index (κ3) is 3.97. The molecule has 2 aromatic rings. The molecule has 0 unspecified atom stereocenters. The maximum atomic E-state index is 12.8. The fourth-order valence-corrected chi connectivity index (χ4v) is 4.41. The van der Waals surface area contributed by atoms with Crippen molar-refractivity contribution in [3.63, 3.8) is 0 Å². The van der Waals surface area contributed by atoms with E-state index in [4.69, 9.17) is 0 Å². The molecule has 1 aromatic carbocycles. The van der Waals surface area contributed by atoms with Crippen molar-refractivity contribution in [2.75, 3.05) is 18.4 Å². The smallest absolute Gasteiger partial charge is 0.227 e. The number of hydrogen-bond donors (Lipinski definition) is 1. The summed E-state index contributed by atoms with van der Waals surface area (Å²) in [6.45, 7) is 1.82. The van der Waals surface area contributed by atoms with Crippen LogP contribution in [0.5, 0.6) is 0 Å². The van der Waals surface area contributed by atoms with E-state index < -0.39 is 0 Å². The first-order valence-corrected chi connectivity index (χ1v) is 10.2. The number of amides is 2. The summed E-state index contributed by atoms with van der Waals surface area (Å²) in [7, 11) is 0. The third-order valence-electron chi connectivity index (χ3n) is 6.01. The number of fused-ring (bicyclic) bond motifs is 1. The quantitative estimate of drug-likeness (QED) is 0.894. The summed E-state index contributed by atoms with van der Waals surface area (Å²) in [5, 5.41) is 4.08. The van der Waals surface area contributed by atoms with E-state index in [0.717, 1.165) is 68.2 Å². The van der Waals surface area contributed by atoms with Crippen molar-refractivity contribution in [2.24, 2.45) is 11.8 Å². The first kappa shape index (κ1) is 18.0. The maximum Gasteiger partial charge on any atom is 0.227 e. The van der Waals surface area contributed by atoms with Gasteiger partial charge in [0.2, 0.25) is 11.8 Å². The lowest BCUT2D eigenvalue weighted by molar-refractivity contribution is -0.138. The molecule has 0 radical (unpaired) electrons. The average Bonchev–Trinajstić information content (AvgIpc) is 2.74. The van der Waals surface area contributed by atoms with Gasteiger partial charge in [0.25, 0.3) is 0 Å². The Morgan fingerprint density at radius 2 is 1.63 bits per heavy atom. The second kappa shape index (κ2) is 8.07. The molecule has 2 aliphatic rings. The SMILES string of the molecule is O=C(Nc1cccc2cccnc12)C1CCC(C(=O)N2CCCCC2)CC1. The highest BCUT2D eigenvalue weighted by Gasteiger charge is 2.32. The predicted octanol–water partition coefficient (Wildman–Crippen LogP) is 3.99. The number of anilines is 1. The first-order chi connectivity index (χ1) is 13.2. The number of carbonyl (C=O) groups excluding carboxylic acids is 2. The maximum absolute atomic E-state index is 12.8. The highest BCUT2D eigenvalue weighted by atomic mass is 16.2. The van der Waals surface area contributed by atoms with Crippen LogP contribution in [0.2, 0.25) is 0 Å². The Morgan fingerprint density at radius 1 is 0.926 bits per heavy atom. The summed E-state index contributed by atoms with van der Waals surface area (Å²) >= 11 is 0. The van der Waals surface area contributed by atoms with Crippen molar-refractivity contribution in [3.8, 4) is 0 Å². The van der Waals surface area contributed by atoms with Crippen molar-refractivity contribution >= 4 is 28.4 Å². The molecule has 0 atom stereocenters. The summed E-state index contributed by atoms with van der Waals surface area (Å²) in [6, 6.07) is 9.73. The van der Waals surface area contributed by atoms with Gasteiger partial charge < -0.3 is 10.2 Å². The van der Waals surface area contributed by atoms with Gasteiger partial charge in [-0.15, -0.1) is 0 Å². The highest BCUT2D eigenvalue weighted by molar-refractivity contribution is 6.01. The van der Waals surface area contributed by atoms with E-state index >= 15 is 0 Å². The third-order valence-corrected chi connectivity index (χ3v) is 6.01. The van der Waals surface area contributed by atoms with Gasteiger partial charge in [-0.3, -0.25) is 14.6 Å². The van der Waals surface area contributed by atoms with Gasteiger partial charge >= 0.3 is 0 Å². The van der Waals surface area contributed by atoms with Crippen molar-refractivity contribution in [3.05, 3.63) is 36.5 Å². The molecule has 1 saturated heterocycles. The summed E-state index contributed by atoms with van der Waals surface area (Å²) in [5.74, 6) is 0.449. The number of carbonyl (C=O) groups is 2. The van der Waals surface area contributed by atoms with E-state index in [1.165, 1.54) is 6.42 Å². The lowest BCUT2D eigenvalue weighted by Crippen LogP contribution is -2.41. The molecule has 1 aliphatic heterocycles. The van der Waals surface area contributed by atoms with Gasteiger partial charge in [-0.2, -0.15) is 0 Å². The molecule has 5 heteroatoms. The zero-order valence-corrected chi connectivity index (χ0v) is 15.7. The number of hydrogen-bond acceptors (Lipinski definition) is 3. The van der Waals surface area contributed by atoms with Crippen LogP contribution in [0.1, 0.15) is 44.9 Å². The first-order valence-electron chi connectivity index (χ1n) is 10.2. The van der Waals surface area contributed by atoms with Crippen molar-refractivity contribution < 1.29 is 9.59 Å². The molecule has 2 fully saturated rings. The van der Waals surface area contributed by atoms with E-state index in [-0.39, 0.29) is 17.7 Å². The van der Waals surface area contributed by atoms with Crippen molar-refractivity contribution in [2.45, 2.75) is 44.9 Å². The molecule has 2 amide bonds. The molecule has 142 valence electrons. The number of nitrogens with zero attached hydrogens (tertiary/aromatic N) is 2. The summed E-state index contributed by atoms with van der Waals surface area (Å²) in [4.78, 5) is 31.9. The van der Waals surface area contributed by atoms with Gasteiger partial charge in [0, 0.05) is 36.5 Å². The monoisotopic (exact) mass is 365 g/mol. The van der Waals surface area contributed by atoms with Crippen LogP contribution in [0.25, 0.3) is 10.9 Å². The van der Waals surface area contributed by atoms with Crippen LogP contribution in [0.4, 0.5) is 5.69 Å². The molecule has 1 saturated carbocycles. The molecule has 2 heterocycles. The molecule has 1 N–H and O–H groups in total. The molecular weight excluding hydrogens is 338 g/mol. The van der Waals surface area contributed by atoms with Crippen LogP contribution >= 0.6 is 0 Å². The zero-order chi connectivity index (χ0) is 18.6. The van der Waals surface area contributed by atoms with Gasteiger partial charge in [0.15, 0.2) is 0 Å². The normalized spacial score (nSPS) is 23.2. The van der Waals surface area contributed by atoms with E-state index in [9.17, 15) is 9.59 Å². The van der Waals surface area contributed by atoms with Gasteiger partial charge in [-0.05, 0) is 57.1 Å². The minimum atomic E-state index is -0.0191. The van der Waals surface area contributed by atoms with Crippen molar-refractivity contribution in [1.29, 1.82) is 0 Å². The van der Waals surface area contributed by atoms with Gasteiger partial charge in [-0.25, -0.2) is 0 Å². The van der Waals surface area contributed by atoms with E-state index in [0.29, 0.717) is 5.91 Å². The number of piperidine rings is 1. The summed E-state index contributed by atoms with van der Waals surface area (Å²) in [6.07, 6.45) is 8.45. The lowest BCUT2D eigenvalue weighted by atomic mass is 9.80. The zero-order valence-electron chi connectivity index (χ0n) is 15.7. The number of aromatic nitrogens is 1. The standard InChI is InChI=1S/C22H27N3O2/c26-21(24-19-8-4-6-16-7-5-13-23-20(16)19)17-9-11-18(12-10-17)22(27)25-14-2-1-3-15-25/h4-8,13,17-18H,1-3,9-12,14-15H2,(H,24,26). The largest absolute Gasteiger partial charge is 0.342 e. The number of pyridine rings is 1. The molecule has 0 spiro atoms. The van der Waals surface area contributed by atoms with Crippen molar-refractivity contribution in [1.82, 2.24) is 9.88 Å². The topological polar surface area (TPSA) is 62.3 Å². The van der Waals surface area contributed by atoms with Crippen LogP contribution in [0, 0.1) is 11.8 Å². The number of rotatable bonds is 3. The summed E-state index contributed by atoms with van der Waals surface area (Å²) in [5.41, 5.74) is 1.59. The number of para-hydroxylation sites is 1. The van der Waals surface area contributed by atoms with Gasteiger partial charge in [0.05, 0.1) is 11.2 Å². The van der Waals surface area contributed by atoms with Crippen LogP contribution in [-0.2, 0) is 9.59 Å². The van der Waals surface area contributed by atoms with Gasteiger partial charge in [-0.1, -0.05) is 18.2 Å². The van der Waals surface area contributed by atoms with Crippen LogP contribution < -0.4 is 5.32 Å². The number of benzene rings is 1. The van der Waals surface area contributed by atoms with E-state index in [1.807, 2.05) is 35.2 Å². The summed E-state index contributed by atoms with van der Waals surface area (Å²) < 4.78 is 0. The average molecular weight is 365 g/mol. The Balaban J connectivity index is 1.35. The molecule has 27 heavy (non-hydrogen) atoms. The molecular formula is C22H27N3O2. The Labute approximate surface area is 160 Å². The second-order valence-corrected chi connectivity index (χ2v) is 7.80. The Hall–Kier alpha value is -2.43. The highest BCUT2D eigenvalue weighted by Crippen LogP contribution is 2.32. The molecule has 4 rings (SSSR count).